The van der Waals surface area contributed by atoms with Gasteiger partial charge in [0.25, 0.3) is 17.4 Å². The quantitative estimate of drug-likeness (QED) is 0.531. The summed E-state index contributed by atoms with van der Waals surface area (Å²) in [6.07, 6.45) is 3.65. The van der Waals surface area contributed by atoms with E-state index in [9.17, 15) is 24.0 Å². The predicted molar refractivity (Wildman–Crippen MR) is 107 cm³/mol. The van der Waals surface area contributed by atoms with Gasteiger partial charge in [-0.15, -0.1) is 0 Å². The number of urea groups is 1. The fraction of sp³-hybridized carbons (Fsp3) is 0.400. The highest BCUT2D eigenvalue weighted by atomic mass is 16.5. The average Bonchev–Trinajstić information content (AvgIpc) is 2.99. The Hall–Kier alpha value is -3.76. The maximum Gasteiger partial charge on any atom is 0.359 e. The van der Waals surface area contributed by atoms with E-state index in [1.165, 1.54) is 7.05 Å². The first kappa shape index (κ1) is 20.5. The van der Waals surface area contributed by atoms with Gasteiger partial charge in [-0.3, -0.25) is 19.8 Å². The van der Waals surface area contributed by atoms with E-state index in [2.05, 4.69) is 15.8 Å². The molecular formula is C20H21N5O6. The third-order valence-corrected chi connectivity index (χ3v) is 5.59. The number of hydrazine groups is 1. The van der Waals surface area contributed by atoms with Crippen molar-refractivity contribution in [1.29, 1.82) is 0 Å². The SMILES string of the molecule is Cn1nc(C(=O)OCC(=O)NN2C(=O)NC3(CCCCC3)C2=O)c2ccccc2c1=O. The fourth-order valence-electron chi connectivity index (χ4n) is 4.02. The number of nitrogens with one attached hydrogen (secondary N) is 2. The van der Waals surface area contributed by atoms with Gasteiger partial charge in [0.05, 0.1) is 5.39 Å². The van der Waals surface area contributed by atoms with E-state index >= 15 is 0 Å². The molecule has 0 atom stereocenters. The Bertz CT molecular complexity index is 1150. The number of esters is 1. The monoisotopic (exact) mass is 427 g/mol. The van der Waals surface area contributed by atoms with Gasteiger partial charge in [0.2, 0.25) is 0 Å². The number of fused-ring (bicyclic) bond motifs is 1. The molecule has 2 fully saturated rings. The molecule has 1 saturated carbocycles. The lowest BCUT2D eigenvalue weighted by Gasteiger charge is -2.30. The summed E-state index contributed by atoms with van der Waals surface area (Å²) in [7, 11) is 1.40. The van der Waals surface area contributed by atoms with Crippen LogP contribution >= 0.6 is 0 Å². The van der Waals surface area contributed by atoms with E-state index in [0.717, 1.165) is 23.9 Å². The van der Waals surface area contributed by atoms with E-state index in [0.29, 0.717) is 23.2 Å². The molecule has 2 aliphatic rings. The molecule has 31 heavy (non-hydrogen) atoms. The van der Waals surface area contributed by atoms with Gasteiger partial charge < -0.3 is 10.1 Å². The summed E-state index contributed by atoms with van der Waals surface area (Å²) in [4.78, 5) is 61.8. The number of benzene rings is 1. The minimum absolute atomic E-state index is 0.123. The summed E-state index contributed by atoms with van der Waals surface area (Å²) < 4.78 is 6.02. The summed E-state index contributed by atoms with van der Waals surface area (Å²) in [5, 5.41) is 7.82. The van der Waals surface area contributed by atoms with Crippen molar-refractivity contribution in [3.8, 4) is 0 Å². The highest BCUT2D eigenvalue weighted by Crippen LogP contribution is 2.32. The van der Waals surface area contributed by atoms with Crippen LogP contribution in [0.4, 0.5) is 4.79 Å². The Morgan fingerprint density at radius 3 is 2.52 bits per heavy atom. The number of carbonyl (C=O) groups excluding carboxylic acids is 4. The Morgan fingerprint density at radius 1 is 1.13 bits per heavy atom. The van der Waals surface area contributed by atoms with Crippen LogP contribution < -0.4 is 16.3 Å². The van der Waals surface area contributed by atoms with E-state index < -0.39 is 36.0 Å². The lowest BCUT2D eigenvalue weighted by atomic mass is 9.82. The van der Waals surface area contributed by atoms with Gasteiger partial charge in [0.1, 0.15) is 5.54 Å². The Labute approximate surface area is 176 Å². The molecule has 1 saturated heterocycles. The van der Waals surface area contributed by atoms with Crippen LogP contribution in [-0.4, -0.2) is 50.7 Å². The van der Waals surface area contributed by atoms with Crippen molar-refractivity contribution >= 4 is 34.6 Å². The topological polar surface area (TPSA) is 140 Å². The number of rotatable bonds is 4. The van der Waals surface area contributed by atoms with Crippen LogP contribution in [0.1, 0.15) is 42.6 Å². The Kier molecular flexibility index (Phi) is 5.17. The summed E-state index contributed by atoms with van der Waals surface area (Å²) >= 11 is 0. The molecule has 1 spiro atoms. The molecule has 2 heterocycles. The maximum absolute atomic E-state index is 12.7. The first-order chi connectivity index (χ1) is 14.8. The number of nitrogens with zero attached hydrogens (tertiary/aromatic N) is 3. The highest BCUT2D eigenvalue weighted by molar-refractivity contribution is 6.08. The Morgan fingerprint density at radius 2 is 1.81 bits per heavy atom. The lowest BCUT2D eigenvalue weighted by molar-refractivity contribution is -0.140. The predicted octanol–water partition coefficient (Wildman–Crippen LogP) is 0.376. The molecule has 11 heteroatoms. The second-order valence-corrected chi connectivity index (χ2v) is 7.65. The molecule has 1 aliphatic heterocycles. The van der Waals surface area contributed by atoms with Crippen molar-refractivity contribution in [3.05, 3.63) is 40.3 Å². The van der Waals surface area contributed by atoms with Crippen LogP contribution in [0.15, 0.2) is 29.1 Å². The molecule has 4 rings (SSSR count). The number of aromatic nitrogens is 2. The minimum Gasteiger partial charge on any atom is -0.451 e. The van der Waals surface area contributed by atoms with E-state index in [1.807, 2.05) is 0 Å². The van der Waals surface area contributed by atoms with Gasteiger partial charge in [0.15, 0.2) is 12.3 Å². The van der Waals surface area contributed by atoms with Gasteiger partial charge in [-0.25, -0.2) is 14.3 Å². The van der Waals surface area contributed by atoms with Gasteiger partial charge in [-0.2, -0.15) is 10.1 Å². The molecule has 1 aliphatic carbocycles. The third-order valence-electron chi connectivity index (χ3n) is 5.59. The number of hydrogen-bond donors (Lipinski definition) is 2. The molecule has 11 nitrogen and oxygen atoms in total. The summed E-state index contributed by atoms with van der Waals surface area (Å²) in [6, 6.07) is 5.70. The number of imide groups is 1. The molecule has 162 valence electrons. The van der Waals surface area contributed by atoms with Crippen molar-refractivity contribution in [2.75, 3.05) is 6.61 Å². The summed E-state index contributed by atoms with van der Waals surface area (Å²) in [5.74, 6) is -2.27. The normalized spacial score (nSPS) is 17.6. The zero-order chi connectivity index (χ0) is 22.2. The van der Waals surface area contributed by atoms with Gasteiger partial charge >= 0.3 is 12.0 Å². The van der Waals surface area contributed by atoms with Crippen LogP contribution in [0.2, 0.25) is 0 Å². The van der Waals surface area contributed by atoms with Gasteiger partial charge in [-0.1, -0.05) is 37.5 Å². The van der Waals surface area contributed by atoms with Crippen LogP contribution in [0, 0.1) is 0 Å². The fourth-order valence-corrected chi connectivity index (χ4v) is 4.02. The molecule has 1 aromatic carbocycles. The summed E-state index contributed by atoms with van der Waals surface area (Å²) in [5.41, 5.74) is 0.721. The van der Waals surface area contributed by atoms with Crippen molar-refractivity contribution in [1.82, 2.24) is 25.5 Å². The standard InChI is InChI=1S/C20H21N5O6/c1-24-16(27)13-8-4-3-7-12(13)15(23-24)17(28)31-11-14(26)22-25-18(29)20(21-19(25)30)9-5-2-6-10-20/h3-4,7-8H,2,5-6,9-11H2,1H3,(H,21,30)(H,22,26). The molecule has 1 aromatic heterocycles. The number of amides is 4. The number of aryl methyl sites for hydroxylation is 1. The van der Waals surface area contributed by atoms with E-state index in [4.69, 9.17) is 4.74 Å². The highest BCUT2D eigenvalue weighted by Gasteiger charge is 2.52. The largest absolute Gasteiger partial charge is 0.451 e. The smallest absolute Gasteiger partial charge is 0.359 e. The lowest BCUT2D eigenvalue weighted by Crippen LogP contribution is -2.51. The molecule has 0 radical (unpaired) electrons. The second kappa shape index (κ2) is 7.82. The van der Waals surface area contributed by atoms with E-state index in [-0.39, 0.29) is 16.6 Å². The van der Waals surface area contributed by atoms with E-state index in [1.54, 1.807) is 24.3 Å². The number of hydrogen-bond acceptors (Lipinski definition) is 7. The molecule has 2 aromatic rings. The van der Waals surface area contributed by atoms with Crippen LogP contribution in [0.3, 0.4) is 0 Å². The zero-order valence-electron chi connectivity index (χ0n) is 16.8. The van der Waals surface area contributed by atoms with Crippen LogP contribution in [0.5, 0.6) is 0 Å². The first-order valence-electron chi connectivity index (χ1n) is 9.92. The second-order valence-electron chi connectivity index (χ2n) is 7.65. The van der Waals surface area contributed by atoms with Crippen LogP contribution in [-0.2, 0) is 21.4 Å². The Balaban J connectivity index is 1.43. The molecule has 0 bridgehead atoms. The van der Waals surface area contributed by atoms with Crippen molar-refractivity contribution in [2.45, 2.75) is 37.6 Å². The summed E-state index contributed by atoms with van der Waals surface area (Å²) in [6.45, 7) is -0.734. The zero-order valence-corrected chi connectivity index (χ0v) is 16.8. The molecular weight excluding hydrogens is 406 g/mol. The molecule has 2 N–H and O–H groups in total. The maximum atomic E-state index is 12.7. The number of ether oxygens (including phenoxy) is 1. The number of carbonyl (C=O) groups is 4. The molecule has 4 amide bonds. The molecule has 0 unspecified atom stereocenters. The first-order valence-corrected chi connectivity index (χ1v) is 9.92. The van der Waals surface area contributed by atoms with Gasteiger partial charge in [-0.05, 0) is 18.9 Å². The van der Waals surface area contributed by atoms with Crippen molar-refractivity contribution in [3.63, 3.8) is 0 Å². The van der Waals surface area contributed by atoms with Crippen molar-refractivity contribution in [2.24, 2.45) is 7.05 Å². The minimum atomic E-state index is -0.975. The third kappa shape index (κ3) is 3.62. The van der Waals surface area contributed by atoms with Gasteiger partial charge in [0, 0.05) is 12.4 Å². The average molecular weight is 427 g/mol. The van der Waals surface area contributed by atoms with Crippen molar-refractivity contribution < 1.29 is 23.9 Å². The van der Waals surface area contributed by atoms with Crippen LogP contribution in [0.25, 0.3) is 10.8 Å².